The lowest BCUT2D eigenvalue weighted by Gasteiger charge is -2.42. The van der Waals surface area contributed by atoms with E-state index in [1.165, 1.54) is 36.8 Å². The summed E-state index contributed by atoms with van der Waals surface area (Å²) in [4.78, 5) is 0. The molecule has 0 amide bonds. The van der Waals surface area contributed by atoms with Gasteiger partial charge in [-0.2, -0.15) is 0 Å². The Balaban J connectivity index is 1.79. The largest absolute Gasteiger partial charge is 0.389 e. The number of benzene rings is 1. The van der Waals surface area contributed by atoms with Crippen molar-refractivity contribution >= 4 is 0 Å². The fraction of sp³-hybridized carbons (Fsp3) is 0.667. The van der Waals surface area contributed by atoms with E-state index >= 15 is 0 Å². The molecule has 0 radical (unpaired) electrons. The number of hydrogen-bond acceptors (Lipinski definition) is 2. The molecule has 2 aliphatic rings. The molecule has 0 aromatic heterocycles. The molecule has 20 heavy (non-hydrogen) atoms. The summed E-state index contributed by atoms with van der Waals surface area (Å²) in [5, 5.41) is 14.3. The van der Waals surface area contributed by atoms with Crippen molar-refractivity contribution in [3.63, 3.8) is 0 Å². The van der Waals surface area contributed by atoms with Gasteiger partial charge in [0.15, 0.2) is 0 Å². The summed E-state index contributed by atoms with van der Waals surface area (Å²) in [6.45, 7) is 5.42. The highest BCUT2D eigenvalue weighted by Crippen LogP contribution is 2.43. The van der Waals surface area contributed by atoms with Crippen molar-refractivity contribution in [3.8, 4) is 0 Å². The highest BCUT2D eigenvalue weighted by atomic mass is 16.3. The highest BCUT2D eigenvalue weighted by molar-refractivity contribution is 5.34. The standard InChI is InChI=1S/C18H27NO/c1-17(2)12-9-14-7-3-4-8-15(14)16(17)19-13-18(20)10-5-6-11-18/h3-4,7-8,16,19-20H,5-6,9-13H2,1-2H3. The first-order valence-corrected chi connectivity index (χ1v) is 8.04. The molecule has 0 heterocycles. The van der Waals surface area contributed by atoms with Crippen LogP contribution >= 0.6 is 0 Å². The predicted molar refractivity (Wildman–Crippen MR) is 82.7 cm³/mol. The third kappa shape index (κ3) is 2.64. The maximum atomic E-state index is 10.6. The van der Waals surface area contributed by atoms with Gasteiger partial charge in [0.25, 0.3) is 0 Å². The third-order valence-electron chi connectivity index (χ3n) is 5.36. The Morgan fingerprint density at radius 3 is 2.60 bits per heavy atom. The van der Waals surface area contributed by atoms with E-state index < -0.39 is 5.60 Å². The van der Waals surface area contributed by atoms with Gasteiger partial charge < -0.3 is 10.4 Å². The van der Waals surface area contributed by atoms with E-state index in [1.54, 1.807) is 0 Å². The van der Waals surface area contributed by atoms with Crippen molar-refractivity contribution in [2.75, 3.05) is 6.54 Å². The zero-order chi connectivity index (χ0) is 14.2. The minimum absolute atomic E-state index is 0.253. The summed E-state index contributed by atoms with van der Waals surface area (Å²) in [5.41, 5.74) is 2.69. The van der Waals surface area contributed by atoms with Crippen LogP contribution in [0.5, 0.6) is 0 Å². The first-order valence-electron chi connectivity index (χ1n) is 8.04. The van der Waals surface area contributed by atoms with Crippen LogP contribution < -0.4 is 5.32 Å². The maximum absolute atomic E-state index is 10.6. The Hall–Kier alpha value is -0.860. The van der Waals surface area contributed by atoms with Crippen LogP contribution in [0.1, 0.15) is 63.1 Å². The number of rotatable bonds is 3. The van der Waals surface area contributed by atoms with Crippen LogP contribution in [0.2, 0.25) is 0 Å². The molecule has 1 saturated carbocycles. The van der Waals surface area contributed by atoms with Crippen molar-refractivity contribution < 1.29 is 5.11 Å². The Morgan fingerprint density at radius 2 is 1.85 bits per heavy atom. The summed E-state index contributed by atoms with van der Waals surface area (Å²) >= 11 is 0. The zero-order valence-corrected chi connectivity index (χ0v) is 12.8. The van der Waals surface area contributed by atoms with Crippen molar-refractivity contribution in [1.82, 2.24) is 5.32 Å². The predicted octanol–water partition coefficient (Wildman–Crippen LogP) is 3.59. The quantitative estimate of drug-likeness (QED) is 0.882. The molecule has 2 N–H and O–H groups in total. The number of nitrogens with one attached hydrogen (secondary N) is 1. The van der Waals surface area contributed by atoms with Crippen LogP contribution in [0, 0.1) is 5.41 Å². The van der Waals surface area contributed by atoms with Gasteiger partial charge in [-0.1, -0.05) is 51.0 Å². The highest BCUT2D eigenvalue weighted by Gasteiger charge is 2.38. The normalized spacial score (nSPS) is 27.2. The van der Waals surface area contributed by atoms with E-state index in [0.29, 0.717) is 6.04 Å². The molecule has 1 aromatic carbocycles. The molecule has 1 atom stereocenters. The SMILES string of the molecule is CC1(C)CCc2ccccc2C1NCC1(O)CCCC1. The summed E-state index contributed by atoms with van der Waals surface area (Å²) in [7, 11) is 0. The second kappa shape index (κ2) is 5.16. The molecule has 110 valence electrons. The molecular weight excluding hydrogens is 246 g/mol. The molecule has 0 aliphatic heterocycles. The molecule has 3 rings (SSSR count). The maximum Gasteiger partial charge on any atom is 0.0771 e. The average Bonchev–Trinajstić information content (AvgIpc) is 2.84. The van der Waals surface area contributed by atoms with E-state index in [9.17, 15) is 5.11 Å². The smallest absolute Gasteiger partial charge is 0.0771 e. The van der Waals surface area contributed by atoms with E-state index in [4.69, 9.17) is 0 Å². The summed E-state index contributed by atoms with van der Waals surface area (Å²) < 4.78 is 0. The van der Waals surface area contributed by atoms with Crippen LogP contribution in [0.15, 0.2) is 24.3 Å². The van der Waals surface area contributed by atoms with Crippen LogP contribution in [0.3, 0.4) is 0 Å². The molecule has 1 fully saturated rings. The zero-order valence-electron chi connectivity index (χ0n) is 12.8. The van der Waals surface area contributed by atoms with Gasteiger partial charge in [0.2, 0.25) is 0 Å². The van der Waals surface area contributed by atoms with Crippen LogP contribution in [-0.2, 0) is 6.42 Å². The monoisotopic (exact) mass is 273 g/mol. The lowest BCUT2D eigenvalue weighted by Crippen LogP contribution is -2.45. The minimum Gasteiger partial charge on any atom is -0.389 e. The van der Waals surface area contributed by atoms with Crippen molar-refractivity contribution in [2.24, 2.45) is 5.41 Å². The molecule has 2 nitrogen and oxygen atoms in total. The molecule has 1 aromatic rings. The van der Waals surface area contributed by atoms with Gasteiger partial charge in [-0.05, 0) is 42.2 Å². The Bertz CT molecular complexity index is 474. The fourth-order valence-corrected chi connectivity index (χ4v) is 3.95. The van der Waals surface area contributed by atoms with Gasteiger partial charge in [-0.15, -0.1) is 0 Å². The molecule has 2 heteroatoms. The van der Waals surface area contributed by atoms with Gasteiger partial charge in [-0.25, -0.2) is 0 Å². The topological polar surface area (TPSA) is 32.3 Å². The van der Waals surface area contributed by atoms with Gasteiger partial charge in [-0.3, -0.25) is 0 Å². The Morgan fingerprint density at radius 1 is 1.15 bits per heavy atom. The van der Waals surface area contributed by atoms with Crippen molar-refractivity contribution in [1.29, 1.82) is 0 Å². The van der Waals surface area contributed by atoms with E-state index in [0.717, 1.165) is 19.4 Å². The molecule has 0 spiro atoms. The Labute approximate surface area is 122 Å². The number of fused-ring (bicyclic) bond motifs is 1. The first kappa shape index (κ1) is 14.1. The van der Waals surface area contributed by atoms with Crippen LogP contribution in [-0.4, -0.2) is 17.3 Å². The van der Waals surface area contributed by atoms with Crippen molar-refractivity contribution in [3.05, 3.63) is 35.4 Å². The third-order valence-corrected chi connectivity index (χ3v) is 5.36. The molecule has 2 aliphatic carbocycles. The summed E-state index contributed by atoms with van der Waals surface area (Å²) in [6, 6.07) is 9.14. The molecular formula is C18H27NO. The van der Waals surface area contributed by atoms with E-state index in [2.05, 4.69) is 43.4 Å². The van der Waals surface area contributed by atoms with E-state index in [1.807, 2.05) is 0 Å². The van der Waals surface area contributed by atoms with Crippen LogP contribution in [0.4, 0.5) is 0 Å². The Kier molecular flexibility index (Phi) is 3.64. The van der Waals surface area contributed by atoms with Crippen LogP contribution in [0.25, 0.3) is 0 Å². The number of hydrogen-bond donors (Lipinski definition) is 2. The number of aliphatic hydroxyl groups is 1. The summed E-state index contributed by atoms with van der Waals surface area (Å²) in [6.07, 6.45) is 6.63. The second-order valence-corrected chi connectivity index (χ2v) is 7.43. The molecule has 0 bridgehead atoms. The summed E-state index contributed by atoms with van der Waals surface area (Å²) in [5.74, 6) is 0. The molecule has 1 unspecified atom stereocenters. The average molecular weight is 273 g/mol. The number of aryl methyl sites for hydroxylation is 1. The lowest BCUT2D eigenvalue weighted by molar-refractivity contribution is 0.0374. The minimum atomic E-state index is -0.470. The second-order valence-electron chi connectivity index (χ2n) is 7.43. The van der Waals surface area contributed by atoms with Gasteiger partial charge in [0.05, 0.1) is 5.60 Å². The van der Waals surface area contributed by atoms with Gasteiger partial charge in [0, 0.05) is 12.6 Å². The lowest BCUT2D eigenvalue weighted by atomic mass is 9.70. The van der Waals surface area contributed by atoms with E-state index in [-0.39, 0.29) is 5.41 Å². The van der Waals surface area contributed by atoms with Crippen molar-refractivity contribution in [2.45, 2.75) is 64.0 Å². The fourth-order valence-electron chi connectivity index (χ4n) is 3.95. The first-order chi connectivity index (χ1) is 9.50. The van der Waals surface area contributed by atoms with Gasteiger partial charge in [0.1, 0.15) is 0 Å². The molecule has 0 saturated heterocycles. The van der Waals surface area contributed by atoms with Gasteiger partial charge >= 0.3 is 0 Å².